The van der Waals surface area contributed by atoms with E-state index in [2.05, 4.69) is 6.92 Å². The molecule has 1 saturated carbocycles. The van der Waals surface area contributed by atoms with Crippen LogP contribution in [0.1, 0.15) is 31.7 Å². The summed E-state index contributed by atoms with van der Waals surface area (Å²) in [5, 5.41) is 10.7. The summed E-state index contributed by atoms with van der Waals surface area (Å²) in [4.78, 5) is 0. The molecule has 0 radical (unpaired) electrons. The van der Waals surface area contributed by atoms with Gasteiger partial charge in [0.2, 0.25) is 0 Å². The summed E-state index contributed by atoms with van der Waals surface area (Å²) in [7, 11) is 0. The smallest absolute Gasteiger partial charge is 0.123 e. The number of rotatable bonds is 3. The molecule has 0 aliphatic heterocycles. The Hall–Kier alpha value is -0.600. The van der Waals surface area contributed by atoms with Crippen LogP contribution in [-0.2, 0) is 6.42 Å². The van der Waals surface area contributed by atoms with Gasteiger partial charge in [-0.15, -0.1) is 0 Å². The maximum absolute atomic E-state index is 13.1. The van der Waals surface area contributed by atoms with Gasteiger partial charge in [0.25, 0.3) is 0 Å². The monoisotopic (exact) mass is 256 g/mol. The number of hydrogen-bond acceptors (Lipinski definition) is 1. The zero-order chi connectivity index (χ0) is 12.4. The van der Waals surface area contributed by atoms with E-state index >= 15 is 0 Å². The van der Waals surface area contributed by atoms with E-state index in [9.17, 15) is 9.50 Å². The van der Waals surface area contributed by atoms with E-state index in [4.69, 9.17) is 11.6 Å². The molecule has 0 aromatic heterocycles. The highest BCUT2D eigenvalue weighted by atomic mass is 35.5. The van der Waals surface area contributed by atoms with E-state index in [-0.39, 0.29) is 5.82 Å². The normalized spacial score (nSPS) is 26.1. The molecule has 0 bridgehead atoms. The van der Waals surface area contributed by atoms with Crippen molar-refractivity contribution in [3.05, 3.63) is 34.6 Å². The number of aliphatic hydroxyl groups is 1. The van der Waals surface area contributed by atoms with Crippen LogP contribution in [0, 0.1) is 17.7 Å². The highest BCUT2D eigenvalue weighted by Crippen LogP contribution is 2.34. The topological polar surface area (TPSA) is 20.2 Å². The molecular formula is C14H18ClFO. The SMILES string of the molecule is CC1CCC(C(O)Cc2cc(F)ccc2Cl)C1. The molecule has 3 heteroatoms. The van der Waals surface area contributed by atoms with Gasteiger partial charge in [0, 0.05) is 11.4 Å². The Morgan fingerprint density at radius 3 is 2.88 bits per heavy atom. The van der Waals surface area contributed by atoms with E-state index in [1.54, 1.807) is 6.07 Å². The molecule has 94 valence electrons. The lowest BCUT2D eigenvalue weighted by atomic mass is 9.94. The Morgan fingerprint density at radius 1 is 1.47 bits per heavy atom. The Bertz CT molecular complexity index is 394. The van der Waals surface area contributed by atoms with E-state index in [1.165, 1.54) is 18.6 Å². The zero-order valence-corrected chi connectivity index (χ0v) is 10.8. The molecule has 0 heterocycles. The molecule has 3 unspecified atom stereocenters. The molecule has 17 heavy (non-hydrogen) atoms. The van der Waals surface area contributed by atoms with Crippen molar-refractivity contribution in [2.45, 2.75) is 38.7 Å². The summed E-state index contributed by atoms with van der Waals surface area (Å²) in [5.41, 5.74) is 0.707. The van der Waals surface area contributed by atoms with Crippen molar-refractivity contribution in [1.29, 1.82) is 0 Å². The first-order chi connectivity index (χ1) is 8.06. The number of hydrogen-bond donors (Lipinski definition) is 1. The van der Waals surface area contributed by atoms with E-state index < -0.39 is 6.10 Å². The Kier molecular flexibility index (Phi) is 4.05. The van der Waals surface area contributed by atoms with E-state index in [0.717, 1.165) is 12.8 Å². The van der Waals surface area contributed by atoms with Gasteiger partial charge in [0.1, 0.15) is 5.82 Å². The van der Waals surface area contributed by atoms with Crippen LogP contribution < -0.4 is 0 Å². The molecule has 3 atom stereocenters. The van der Waals surface area contributed by atoms with Crippen molar-refractivity contribution >= 4 is 11.6 Å². The van der Waals surface area contributed by atoms with Crippen molar-refractivity contribution in [1.82, 2.24) is 0 Å². The maximum atomic E-state index is 13.1. The van der Waals surface area contributed by atoms with E-state index in [0.29, 0.717) is 28.8 Å². The molecule has 1 aliphatic carbocycles. The quantitative estimate of drug-likeness (QED) is 0.872. The van der Waals surface area contributed by atoms with Crippen molar-refractivity contribution in [3.63, 3.8) is 0 Å². The third-order valence-electron chi connectivity index (χ3n) is 3.72. The Morgan fingerprint density at radius 2 is 2.24 bits per heavy atom. The van der Waals surface area contributed by atoms with Crippen LogP contribution in [0.3, 0.4) is 0 Å². The lowest BCUT2D eigenvalue weighted by molar-refractivity contribution is 0.109. The molecule has 1 nitrogen and oxygen atoms in total. The van der Waals surface area contributed by atoms with Crippen molar-refractivity contribution in [3.8, 4) is 0 Å². The second kappa shape index (κ2) is 5.36. The molecule has 1 N–H and O–H groups in total. The van der Waals surface area contributed by atoms with Gasteiger partial charge in [-0.3, -0.25) is 0 Å². The van der Waals surface area contributed by atoms with Crippen molar-refractivity contribution in [2.75, 3.05) is 0 Å². The van der Waals surface area contributed by atoms with Crippen LogP contribution in [0.15, 0.2) is 18.2 Å². The summed E-state index contributed by atoms with van der Waals surface area (Å²) >= 11 is 6.00. The third-order valence-corrected chi connectivity index (χ3v) is 4.09. The fourth-order valence-electron chi connectivity index (χ4n) is 2.69. The molecule has 2 rings (SSSR count). The number of benzene rings is 1. The van der Waals surface area contributed by atoms with Crippen LogP contribution in [0.5, 0.6) is 0 Å². The number of halogens is 2. The van der Waals surface area contributed by atoms with Gasteiger partial charge < -0.3 is 5.11 Å². The fourth-order valence-corrected chi connectivity index (χ4v) is 2.89. The fraction of sp³-hybridized carbons (Fsp3) is 0.571. The summed E-state index contributed by atoms with van der Waals surface area (Å²) in [6.07, 6.45) is 3.36. The van der Waals surface area contributed by atoms with Crippen LogP contribution in [-0.4, -0.2) is 11.2 Å². The van der Waals surface area contributed by atoms with Crippen molar-refractivity contribution < 1.29 is 9.50 Å². The standard InChI is InChI=1S/C14H18ClFO/c1-9-2-3-10(6-9)14(17)8-11-7-12(16)4-5-13(11)15/h4-5,7,9-10,14,17H,2-3,6,8H2,1H3. The van der Waals surface area contributed by atoms with E-state index in [1.807, 2.05) is 0 Å². The second-order valence-corrected chi connectivity index (χ2v) is 5.59. The largest absolute Gasteiger partial charge is 0.392 e. The van der Waals surface area contributed by atoms with Gasteiger partial charge in [0.05, 0.1) is 6.10 Å². The van der Waals surface area contributed by atoms with Crippen molar-refractivity contribution in [2.24, 2.45) is 11.8 Å². The minimum absolute atomic E-state index is 0.295. The molecule has 1 aliphatic rings. The second-order valence-electron chi connectivity index (χ2n) is 5.19. The van der Waals surface area contributed by atoms with Crippen LogP contribution in [0.4, 0.5) is 4.39 Å². The summed E-state index contributed by atoms with van der Waals surface area (Å²) in [5.74, 6) is 0.735. The molecule has 1 aromatic carbocycles. The highest BCUT2D eigenvalue weighted by Gasteiger charge is 2.27. The lowest BCUT2D eigenvalue weighted by Gasteiger charge is -2.18. The minimum Gasteiger partial charge on any atom is -0.392 e. The molecule has 0 spiro atoms. The first-order valence-corrected chi connectivity index (χ1v) is 6.56. The van der Waals surface area contributed by atoms with Gasteiger partial charge in [-0.2, -0.15) is 0 Å². The lowest BCUT2D eigenvalue weighted by Crippen LogP contribution is -2.21. The van der Waals surface area contributed by atoms with Crippen LogP contribution >= 0.6 is 11.6 Å². The molecule has 0 amide bonds. The zero-order valence-electron chi connectivity index (χ0n) is 10.00. The van der Waals surface area contributed by atoms with Crippen LogP contribution in [0.2, 0.25) is 5.02 Å². The summed E-state index contributed by atoms with van der Waals surface area (Å²) in [6, 6.07) is 4.32. The third kappa shape index (κ3) is 3.20. The average molecular weight is 257 g/mol. The van der Waals surface area contributed by atoms with Gasteiger partial charge in [-0.05, 0) is 48.4 Å². The van der Waals surface area contributed by atoms with Crippen LogP contribution in [0.25, 0.3) is 0 Å². The molecular weight excluding hydrogens is 239 g/mol. The average Bonchev–Trinajstić information content (AvgIpc) is 2.70. The van der Waals surface area contributed by atoms with Gasteiger partial charge in [0.15, 0.2) is 0 Å². The van der Waals surface area contributed by atoms with Gasteiger partial charge in [-0.25, -0.2) is 4.39 Å². The Balaban J connectivity index is 2.02. The highest BCUT2D eigenvalue weighted by molar-refractivity contribution is 6.31. The molecule has 1 aromatic rings. The first-order valence-electron chi connectivity index (χ1n) is 6.18. The predicted octanol–water partition coefficient (Wildman–Crippen LogP) is 3.82. The minimum atomic E-state index is -0.403. The molecule has 0 saturated heterocycles. The molecule has 1 fully saturated rings. The Labute approximate surface area is 107 Å². The summed E-state index contributed by atoms with van der Waals surface area (Å²) < 4.78 is 13.1. The summed E-state index contributed by atoms with van der Waals surface area (Å²) in [6.45, 7) is 2.21. The van der Waals surface area contributed by atoms with Gasteiger partial charge >= 0.3 is 0 Å². The first kappa shape index (κ1) is 12.8. The van der Waals surface area contributed by atoms with Gasteiger partial charge in [-0.1, -0.05) is 24.9 Å². The predicted molar refractivity (Wildman–Crippen MR) is 67.6 cm³/mol. The maximum Gasteiger partial charge on any atom is 0.123 e. The number of aliphatic hydroxyl groups excluding tert-OH is 1.